The van der Waals surface area contributed by atoms with Crippen LogP contribution in [0.5, 0.6) is 0 Å². The molecule has 0 unspecified atom stereocenters. The minimum absolute atomic E-state index is 1.02. The van der Waals surface area contributed by atoms with Crippen LogP contribution in [0.1, 0.15) is 20.3 Å². The largest absolute Gasteiger partial charge is 0.359 e. The molecule has 2 nitrogen and oxygen atoms in total. The SMILES string of the molecule is C/C=C\C(=C/CC)Nc1c[nH]c2ccccc12. The van der Waals surface area contributed by atoms with E-state index in [4.69, 9.17) is 0 Å². The van der Waals surface area contributed by atoms with Crippen LogP contribution in [-0.2, 0) is 0 Å². The predicted molar refractivity (Wildman–Crippen MR) is 75.1 cm³/mol. The van der Waals surface area contributed by atoms with Crippen LogP contribution in [0.4, 0.5) is 5.69 Å². The second-order valence-corrected chi connectivity index (χ2v) is 3.94. The Morgan fingerprint density at radius 3 is 2.94 bits per heavy atom. The summed E-state index contributed by atoms with van der Waals surface area (Å²) in [5, 5.41) is 4.67. The van der Waals surface area contributed by atoms with Gasteiger partial charge in [-0.25, -0.2) is 0 Å². The lowest BCUT2D eigenvalue weighted by atomic mass is 10.2. The number of rotatable bonds is 4. The fourth-order valence-electron chi connectivity index (χ4n) is 1.89. The van der Waals surface area contributed by atoms with Gasteiger partial charge < -0.3 is 10.3 Å². The number of H-pyrrole nitrogens is 1. The number of fused-ring (bicyclic) bond motifs is 1. The highest BCUT2D eigenvalue weighted by Crippen LogP contribution is 2.24. The summed E-state index contributed by atoms with van der Waals surface area (Å²) in [6, 6.07) is 8.30. The van der Waals surface area contributed by atoms with Gasteiger partial charge in [0.15, 0.2) is 0 Å². The van der Waals surface area contributed by atoms with Gasteiger partial charge in [0, 0.05) is 22.8 Å². The Morgan fingerprint density at radius 1 is 1.35 bits per heavy atom. The molecule has 1 aromatic carbocycles. The molecule has 2 N–H and O–H groups in total. The number of para-hydroxylation sites is 1. The Kier molecular flexibility index (Phi) is 3.66. The highest BCUT2D eigenvalue weighted by atomic mass is 14.9. The fourth-order valence-corrected chi connectivity index (χ4v) is 1.89. The van der Waals surface area contributed by atoms with Gasteiger partial charge in [0.25, 0.3) is 0 Å². The van der Waals surface area contributed by atoms with Crippen LogP contribution in [0.2, 0.25) is 0 Å². The van der Waals surface area contributed by atoms with Crippen molar-refractivity contribution in [2.75, 3.05) is 5.32 Å². The van der Waals surface area contributed by atoms with Crippen molar-refractivity contribution in [1.82, 2.24) is 4.98 Å². The molecule has 0 radical (unpaired) electrons. The molecule has 1 aromatic heterocycles. The number of aromatic amines is 1. The lowest BCUT2D eigenvalue weighted by Gasteiger charge is -2.05. The summed E-state index contributed by atoms with van der Waals surface area (Å²) in [5.74, 6) is 0. The quantitative estimate of drug-likeness (QED) is 0.741. The van der Waals surface area contributed by atoms with Gasteiger partial charge in [-0.15, -0.1) is 0 Å². The van der Waals surface area contributed by atoms with Gasteiger partial charge in [-0.1, -0.05) is 37.3 Å². The van der Waals surface area contributed by atoms with Crippen LogP contribution in [0.25, 0.3) is 10.9 Å². The molecule has 2 heteroatoms. The van der Waals surface area contributed by atoms with Crippen molar-refractivity contribution in [1.29, 1.82) is 0 Å². The molecule has 1 heterocycles. The van der Waals surface area contributed by atoms with Crippen LogP contribution in [0.3, 0.4) is 0 Å². The highest BCUT2D eigenvalue weighted by Gasteiger charge is 2.02. The molecule has 0 atom stereocenters. The molecule has 0 aliphatic carbocycles. The first-order valence-electron chi connectivity index (χ1n) is 6.01. The average molecular weight is 226 g/mol. The number of anilines is 1. The zero-order chi connectivity index (χ0) is 12.1. The van der Waals surface area contributed by atoms with E-state index in [0.29, 0.717) is 0 Å². The Hall–Kier alpha value is -1.96. The number of benzene rings is 1. The molecule has 0 bridgehead atoms. The van der Waals surface area contributed by atoms with E-state index in [-0.39, 0.29) is 0 Å². The summed E-state index contributed by atoms with van der Waals surface area (Å²) in [6.07, 6.45) is 9.35. The van der Waals surface area contributed by atoms with E-state index in [1.54, 1.807) is 0 Å². The minimum Gasteiger partial charge on any atom is -0.359 e. The molecule has 0 fully saturated rings. The zero-order valence-electron chi connectivity index (χ0n) is 10.3. The number of allylic oxidation sites excluding steroid dienone is 3. The maximum Gasteiger partial charge on any atom is 0.0641 e. The van der Waals surface area contributed by atoms with Crippen LogP contribution in [0.15, 0.2) is 54.4 Å². The molecular formula is C15H18N2. The summed E-state index contributed by atoms with van der Waals surface area (Å²) in [4.78, 5) is 3.26. The molecule has 88 valence electrons. The topological polar surface area (TPSA) is 27.8 Å². The second kappa shape index (κ2) is 5.39. The second-order valence-electron chi connectivity index (χ2n) is 3.94. The Labute approximate surface area is 102 Å². The first-order chi connectivity index (χ1) is 8.35. The maximum atomic E-state index is 3.45. The maximum absolute atomic E-state index is 3.45. The molecule has 0 saturated heterocycles. The van der Waals surface area contributed by atoms with E-state index < -0.39 is 0 Å². The van der Waals surface area contributed by atoms with Crippen LogP contribution >= 0.6 is 0 Å². The summed E-state index contributed by atoms with van der Waals surface area (Å²) < 4.78 is 0. The van der Waals surface area contributed by atoms with Gasteiger partial charge in [-0.3, -0.25) is 0 Å². The molecule has 0 spiro atoms. The van der Waals surface area contributed by atoms with Crippen molar-refractivity contribution in [2.24, 2.45) is 0 Å². The monoisotopic (exact) mass is 226 g/mol. The smallest absolute Gasteiger partial charge is 0.0641 e. The van der Waals surface area contributed by atoms with Crippen LogP contribution < -0.4 is 5.32 Å². The summed E-state index contributed by atoms with van der Waals surface area (Å²) >= 11 is 0. The number of aromatic nitrogens is 1. The van der Waals surface area contributed by atoms with E-state index >= 15 is 0 Å². The van der Waals surface area contributed by atoms with Gasteiger partial charge in [-0.05, 0) is 25.5 Å². The molecule has 0 amide bonds. The third-order valence-corrected chi connectivity index (χ3v) is 2.64. The lowest BCUT2D eigenvalue weighted by molar-refractivity contribution is 1.20. The fraction of sp³-hybridized carbons (Fsp3) is 0.200. The van der Waals surface area contributed by atoms with Crippen molar-refractivity contribution < 1.29 is 0 Å². The van der Waals surface area contributed by atoms with Gasteiger partial charge in [-0.2, -0.15) is 0 Å². The summed E-state index contributed by atoms with van der Waals surface area (Å²) in [5.41, 5.74) is 3.42. The molecule has 2 rings (SSSR count). The van der Waals surface area contributed by atoms with Gasteiger partial charge in [0.1, 0.15) is 0 Å². The van der Waals surface area contributed by atoms with E-state index in [1.807, 2.05) is 25.3 Å². The van der Waals surface area contributed by atoms with Crippen molar-refractivity contribution in [3.8, 4) is 0 Å². The van der Waals surface area contributed by atoms with E-state index in [9.17, 15) is 0 Å². The molecule has 0 aliphatic heterocycles. The standard InChI is InChI=1S/C15H18N2/c1-3-7-12(8-4-2)17-15-11-16-14-10-6-5-9-13(14)15/h3,5-11,16-17H,4H2,1-2H3/b7-3-,12-8+. The number of nitrogens with one attached hydrogen (secondary N) is 2. The van der Waals surface area contributed by atoms with Crippen molar-refractivity contribution >= 4 is 16.6 Å². The molecular weight excluding hydrogens is 208 g/mol. The predicted octanol–water partition coefficient (Wildman–Crippen LogP) is 4.45. The van der Waals surface area contributed by atoms with Gasteiger partial charge >= 0.3 is 0 Å². The van der Waals surface area contributed by atoms with E-state index in [2.05, 4.69) is 47.6 Å². The third-order valence-electron chi connectivity index (χ3n) is 2.64. The minimum atomic E-state index is 1.02. The first-order valence-corrected chi connectivity index (χ1v) is 6.01. The highest BCUT2D eigenvalue weighted by molar-refractivity contribution is 5.93. The van der Waals surface area contributed by atoms with Crippen molar-refractivity contribution in [3.05, 3.63) is 54.4 Å². The summed E-state index contributed by atoms with van der Waals surface area (Å²) in [6.45, 7) is 4.17. The Bertz CT molecular complexity index is 547. The third kappa shape index (κ3) is 2.59. The number of hydrogen-bond donors (Lipinski definition) is 2. The first kappa shape index (κ1) is 11.5. The van der Waals surface area contributed by atoms with Gasteiger partial charge in [0.2, 0.25) is 0 Å². The molecule has 0 aliphatic rings. The normalized spacial score (nSPS) is 12.5. The van der Waals surface area contributed by atoms with Crippen LogP contribution in [-0.4, -0.2) is 4.98 Å². The van der Waals surface area contributed by atoms with Gasteiger partial charge in [0.05, 0.1) is 5.69 Å². The average Bonchev–Trinajstić information content (AvgIpc) is 2.74. The molecule has 0 saturated carbocycles. The zero-order valence-corrected chi connectivity index (χ0v) is 10.3. The van der Waals surface area contributed by atoms with Crippen molar-refractivity contribution in [3.63, 3.8) is 0 Å². The van der Waals surface area contributed by atoms with E-state index in [0.717, 1.165) is 23.3 Å². The molecule has 2 aromatic rings. The van der Waals surface area contributed by atoms with Crippen LogP contribution in [0, 0.1) is 0 Å². The molecule has 17 heavy (non-hydrogen) atoms. The van der Waals surface area contributed by atoms with E-state index in [1.165, 1.54) is 5.39 Å². The Morgan fingerprint density at radius 2 is 2.18 bits per heavy atom. The van der Waals surface area contributed by atoms with Crippen molar-refractivity contribution in [2.45, 2.75) is 20.3 Å². The Balaban J connectivity index is 2.31. The number of hydrogen-bond acceptors (Lipinski definition) is 1. The lowest BCUT2D eigenvalue weighted by Crippen LogP contribution is -1.95. The summed E-state index contributed by atoms with van der Waals surface area (Å²) in [7, 11) is 0.